The van der Waals surface area contributed by atoms with E-state index in [1.165, 1.54) is 0 Å². The lowest BCUT2D eigenvalue weighted by Crippen LogP contribution is -2.31. The molecule has 1 saturated heterocycles. The molecule has 0 radical (unpaired) electrons. The van der Waals surface area contributed by atoms with E-state index in [4.69, 9.17) is 0 Å². The van der Waals surface area contributed by atoms with Crippen LogP contribution in [0.2, 0.25) is 0 Å². The minimum absolute atomic E-state index is 0.184. The number of hydrogen-bond donors (Lipinski definition) is 0. The summed E-state index contributed by atoms with van der Waals surface area (Å²) in [5, 5.41) is 11.2. The first-order valence-electron chi connectivity index (χ1n) is 7.03. The van der Waals surface area contributed by atoms with Crippen LogP contribution in [0.5, 0.6) is 0 Å². The molecule has 0 spiro atoms. The van der Waals surface area contributed by atoms with Gasteiger partial charge in [0, 0.05) is 30.2 Å². The molecule has 0 amide bonds. The molecule has 1 aliphatic heterocycles. The van der Waals surface area contributed by atoms with Gasteiger partial charge in [-0.3, -0.25) is 10.1 Å². The molecular formula is C14H20BrN3O2. The van der Waals surface area contributed by atoms with E-state index >= 15 is 0 Å². The molecular weight excluding hydrogens is 322 g/mol. The fourth-order valence-corrected chi connectivity index (χ4v) is 3.01. The largest absolute Gasteiger partial charge is 0.365 e. The average Bonchev–Trinajstić information content (AvgIpc) is 2.65. The molecule has 0 atom stereocenters. The molecule has 6 heteroatoms. The van der Waals surface area contributed by atoms with Crippen LogP contribution in [0.3, 0.4) is 0 Å². The zero-order chi connectivity index (χ0) is 14.5. The van der Waals surface area contributed by atoms with E-state index in [2.05, 4.69) is 32.7 Å². The smallest absolute Gasteiger partial charge is 0.293 e. The molecule has 20 heavy (non-hydrogen) atoms. The van der Waals surface area contributed by atoms with Gasteiger partial charge in [0.05, 0.1) is 4.92 Å². The van der Waals surface area contributed by atoms with Crippen molar-refractivity contribution < 1.29 is 4.92 Å². The molecule has 110 valence electrons. The third-order valence-corrected chi connectivity index (χ3v) is 4.10. The summed E-state index contributed by atoms with van der Waals surface area (Å²) in [6.45, 7) is 7.07. The average molecular weight is 342 g/mol. The molecule has 1 aromatic rings. The zero-order valence-electron chi connectivity index (χ0n) is 11.7. The van der Waals surface area contributed by atoms with E-state index < -0.39 is 0 Å². The van der Waals surface area contributed by atoms with E-state index in [0.29, 0.717) is 0 Å². The fraction of sp³-hybridized carbons (Fsp3) is 0.571. The predicted octanol–water partition coefficient (Wildman–Crippen LogP) is 3.28. The summed E-state index contributed by atoms with van der Waals surface area (Å²) in [6, 6.07) is 5.30. The van der Waals surface area contributed by atoms with Crippen LogP contribution in [-0.4, -0.2) is 42.5 Å². The quantitative estimate of drug-likeness (QED) is 0.622. The van der Waals surface area contributed by atoms with Crippen molar-refractivity contribution in [2.75, 3.05) is 37.6 Å². The molecule has 2 rings (SSSR count). The van der Waals surface area contributed by atoms with Crippen molar-refractivity contribution in [2.45, 2.75) is 19.8 Å². The lowest BCUT2D eigenvalue weighted by Gasteiger charge is -2.23. The molecule has 0 N–H and O–H groups in total. The highest BCUT2D eigenvalue weighted by Crippen LogP contribution is 2.31. The van der Waals surface area contributed by atoms with Crippen LogP contribution in [0.1, 0.15) is 19.8 Å². The van der Waals surface area contributed by atoms with Crippen LogP contribution in [0, 0.1) is 10.1 Å². The van der Waals surface area contributed by atoms with Gasteiger partial charge in [0.25, 0.3) is 5.69 Å². The Bertz CT molecular complexity index is 481. The van der Waals surface area contributed by atoms with Crippen molar-refractivity contribution in [3.8, 4) is 0 Å². The van der Waals surface area contributed by atoms with E-state index in [-0.39, 0.29) is 10.6 Å². The van der Waals surface area contributed by atoms with Crippen LogP contribution in [-0.2, 0) is 0 Å². The van der Waals surface area contributed by atoms with Gasteiger partial charge in [-0.05, 0) is 38.1 Å². The summed E-state index contributed by atoms with van der Waals surface area (Å²) in [5.41, 5.74) is 0.917. The number of rotatable bonds is 4. The molecule has 0 bridgehead atoms. The van der Waals surface area contributed by atoms with Crippen LogP contribution in [0.15, 0.2) is 22.7 Å². The maximum Gasteiger partial charge on any atom is 0.293 e. The second kappa shape index (κ2) is 7.04. The Balaban J connectivity index is 2.17. The Morgan fingerprint density at radius 3 is 2.80 bits per heavy atom. The lowest BCUT2D eigenvalue weighted by molar-refractivity contribution is -0.384. The molecule has 1 aliphatic rings. The molecule has 1 heterocycles. The fourth-order valence-electron chi connectivity index (χ4n) is 2.66. The van der Waals surface area contributed by atoms with E-state index in [0.717, 1.165) is 55.7 Å². The molecule has 1 aromatic carbocycles. The molecule has 0 saturated carbocycles. The standard InChI is InChI=1S/C14H20BrN3O2/c1-2-6-16-7-3-8-17(10-9-16)13-5-4-12(15)11-14(13)18(19)20/h4-5,11H,2-3,6-10H2,1H3. The van der Waals surface area contributed by atoms with E-state index in [1.807, 2.05) is 12.1 Å². The third-order valence-electron chi connectivity index (χ3n) is 3.60. The highest BCUT2D eigenvalue weighted by molar-refractivity contribution is 9.10. The van der Waals surface area contributed by atoms with Crippen LogP contribution < -0.4 is 4.90 Å². The number of hydrogen-bond acceptors (Lipinski definition) is 4. The van der Waals surface area contributed by atoms with Crippen LogP contribution >= 0.6 is 15.9 Å². The molecule has 1 fully saturated rings. The highest BCUT2D eigenvalue weighted by Gasteiger charge is 2.22. The number of nitro benzene ring substituents is 1. The van der Waals surface area contributed by atoms with Crippen molar-refractivity contribution in [3.05, 3.63) is 32.8 Å². The monoisotopic (exact) mass is 341 g/mol. The number of anilines is 1. The predicted molar refractivity (Wildman–Crippen MR) is 84.4 cm³/mol. The topological polar surface area (TPSA) is 49.6 Å². The summed E-state index contributed by atoms with van der Waals surface area (Å²) in [4.78, 5) is 15.5. The van der Waals surface area contributed by atoms with Gasteiger partial charge < -0.3 is 9.80 Å². The van der Waals surface area contributed by atoms with Crippen LogP contribution in [0.4, 0.5) is 11.4 Å². The first kappa shape index (κ1) is 15.3. The Morgan fingerprint density at radius 2 is 2.10 bits per heavy atom. The van der Waals surface area contributed by atoms with Crippen molar-refractivity contribution >= 4 is 27.3 Å². The molecule has 0 unspecified atom stereocenters. The van der Waals surface area contributed by atoms with Gasteiger partial charge in [-0.1, -0.05) is 22.9 Å². The van der Waals surface area contributed by atoms with Crippen LogP contribution in [0.25, 0.3) is 0 Å². The van der Waals surface area contributed by atoms with Gasteiger partial charge in [0.2, 0.25) is 0 Å². The normalized spacial score (nSPS) is 17.0. The number of benzene rings is 1. The maximum absolute atomic E-state index is 11.2. The summed E-state index contributed by atoms with van der Waals surface area (Å²) in [5.74, 6) is 0. The third kappa shape index (κ3) is 3.70. The number of halogens is 1. The Hall–Kier alpha value is -1.14. The van der Waals surface area contributed by atoms with E-state index in [9.17, 15) is 10.1 Å². The Labute approximate surface area is 127 Å². The van der Waals surface area contributed by atoms with Crippen molar-refractivity contribution in [1.82, 2.24) is 4.90 Å². The summed E-state index contributed by atoms with van der Waals surface area (Å²) in [6.07, 6.45) is 2.20. The van der Waals surface area contributed by atoms with Gasteiger partial charge in [-0.2, -0.15) is 0 Å². The molecule has 0 aliphatic carbocycles. The highest BCUT2D eigenvalue weighted by atomic mass is 79.9. The van der Waals surface area contributed by atoms with Crippen molar-refractivity contribution in [3.63, 3.8) is 0 Å². The zero-order valence-corrected chi connectivity index (χ0v) is 13.3. The first-order valence-corrected chi connectivity index (χ1v) is 7.82. The lowest BCUT2D eigenvalue weighted by atomic mass is 10.2. The number of nitrogens with zero attached hydrogens (tertiary/aromatic N) is 3. The molecule has 0 aromatic heterocycles. The van der Waals surface area contributed by atoms with Gasteiger partial charge in [-0.15, -0.1) is 0 Å². The number of nitro groups is 1. The summed E-state index contributed by atoms with van der Waals surface area (Å²) in [7, 11) is 0. The second-order valence-electron chi connectivity index (χ2n) is 5.07. The molecule has 5 nitrogen and oxygen atoms in total. The minimum Gasteiger partial charge on any atom is -0.365 e. The van der Waals surface area contributed by atoms with Gasteiger partial charge in [-0.25, -0.2) is 0 Å². The maximum atomic E-state index is 11.2. The van der Waals surface area contributed by atoms with Gasteiger partial charge in [0.15, 0.2) is 0 Å². The summed E-state index contributed by atoms with van der Waals surface area (Å²) >= 11 is 3.30. The Kier molecular flexibility index (Phi) is 5.37. The van der Waals surface area contributed by atoms with Crippen molar-refractivity contribution in [2.24, 2.45) is 0 Å². The minimum atomic E-state index is -0.297. The van der Waals surface area contributed by atoms with Crippen molar-refractivity contribution in [1.29, 1.82) is 0 Å². The first-order chi connectivity index (χ1) is 9.61. The SMILES string of the molecule is CCCN1CCCN(c2ccc(Br)cc2[N+](=O)[O-])CC1. The van der Waals surface area contributed by atoms with E-state index in [1.54, 1.807) is 6.07 Å². The van der Waals surface area contributed by atoms with Gasteiger partial charge >= 0.3 is 0 Å². The second-order valence-corrected chi connectivity index (χ2v) is 5.99. The Morgan fingerprint density at radius 1 is 1.30 bits per heavy atom. The van der Waals surface area contributed by atoms with Gasteiger partial charge in [0.1, 0.15) is 5.69 Å². The summed E-state index contributed by atoms with van der Waals surface area (Å²) < 4.78 is 0.746.